The van der Waals surface area contributed by atoms with Crippen molar-refractivity contribution in [3.05, 3.63) is 45.8 Å². The summed E-state index contributed by atoms with van der Waals surface area (Å²) in [4.78, 5) is 25.1. The molecule has 1 saturated carbocycles. The van der Waals surface area contributed by atoms with Crippen LogP contribution in [0.2, 0.25) is 5.02 Å². The molecule has 1 amide bonds. The second-order valence-corrected chi connectivity index (χ2v) is 10.2. The van der Waals surface area contributed by atoms with E-state index in [1.807, 2.05) is 0 Å². The van der Waals surface area contributed by atoms with Gasteiger partial charge < -0.3 is 10.1 Å². The van der Waals surface area contributed by atoms with Gasteiger partial charge in [0.25, 0.3) is 0 Å². The van der Waals surface area contributed by atoms with E-state index in [0.29, 0.717) is 29.3 Å². The first-order chi connectivity index (χ1) is 15.3. The van der Waals surface area contributed by atoms with Gasteiger partial charge in [-0.25, -0.2) is 17.9 Å². The van der Waals surface area contributed by atoms with E-state index in [2.05, 4.69) is 15.5 Å². The van der Waals surface area contributed by atoms with Gasteiger partial charge in [0, 0.05) is 5.69 Å². The Morgan fingerprint density at radius 1 is 1.19 bits per heavy atom. The lowest BCUT2D eigenvalue weighted by atomic mass is 10.0. The van der Waals surface area contributed by atoms with Crippen molar-refractivity contribution in [2.45, 2.75) is 48.9 Å². The van der Waals surface area contributed by atoms with Crippen LogP contribution in [0, 0.1) is 0 Å². The number of sulfone groups is 1. The van der Waals surface area contributed by atoms with E-state index < -0.39 is 26.7 Å². The van der Waals surface area contributed by atoms with E-state index in [1.54, 1.807) is 12.1 Å². The lowest BCUT2D eigenvalue weighted by Crippen LogP contribution is -2.30. The second kappa shape index (κ2) is 8.91. The van der Waals surface area contributed by atoms with Crippen LogP contribution in [-0.2, 0) is 21.2 Å². The third-order valence-electron chi connectivity index (χ3n) is 5.43. The van der Waals surface area contributed by atoms with Gasteiger partial charge >= 0.3 is 5.69 Å². The molecule has 4 rings (SSSR count). The van der Waals surface area contributed by atoms with Crippen molar-refractivity contribution in [1.82, 2.24) is 19.4 Å². The van der Waals surface area contributed by atoms with Crippen LogP contribution in [0.5, 0.6) is 5.75 Å². The third-order valence-corrected chi connectivity index (χ3v) is 7.87. The Morgan fingerprint density at radius 2 is 1.94 bits per heavy atom. The van der Waals surface area contributed by atoms with Gasteiger partial charge in [0.15, 0.2) is 20.5 Å². The van der Waals surface area contributed by atoms with Crippen molar-refractivity contribution in [2.75, 3.05) is 12.4 Å². The Labute approximate surface area is 189 Å². The number of benzene rings is 1. The fourth-order valence-corrected chi connectivity index (χ4v) is 5.78. The van der Waals surface area contributed by atoms with Crippen molar-refractivity contribution in [2.24, 2.45) is 0 Å². The molecule has 0 bridgehead atoms. The molecule has 0 aliphatic heterocycles. The topological polar surface area (TPSA) is 125 Å². The number of carbonyl (C=O) groups is 1. The van der Waals surface area contributed by atoms with Gasteiger partial charge in [-0.05, 0) is 43.2 Å². The quantitative estimate of drug-likeness (QED) is 0.575. The number of aromatic nitrogens is 4. The summed E-state index contributed by atoms with van der Waals surface area (Å²) in [5, 5.41) is 10.4. The van der Waals surface area contributed by atoms with Crippen LogP contribution >= 0.6 is 11.6 Å². The minimum atomic E-state index is -3.64. The van der Waals surface area contributed by atoms with Crippen molar-refractivity contribution >= 4 is 38.7 Å². The number of halogens is 1. The molecule has 170 valence electrons. The molecule has 12 heteroatoms. The van der Waals surface area contributed by atoms with Crippen molar-refractivity contribution in [3.8, 4) is 5.75 Å². The standard InChI is InChI=1S/C20H22ClN5O5S/c1-31-16-8-7-13(11-15(16)21)22-18(27)12-25-20(28)26-17(23-25)9-10-19(24-26)32(29,30)14-5-3-2-4-6-14/h7-11,14H,2-6,12H2,1H3,(H,22,27). The molecular formula is C20H22ClN5O5S. The predicted octanol–water partition coefficient (Wildman–Crippen LogP) is 2.30. The zero-order valence-electron chi connectivity index (χ0n) is 17.3. The average molecular weight is 480 g/mol. The number of hydrogen-bond acceptors (Lipinski definition) is 7. The van der Waals surface area contributed by atoms with Crippen LogP contribution in [0.3, 0.4) is 0 Å². The van der Waals surface area contributed by atoms with E-state index in [4.69, 9.17) is 16.3 Å². The summed E-state index contributed by atoms with van der Waals surface area (Å²) < 4.78 is 32.7. The molecule has 1 fully saturated rings. The molecule has 1 aromatic carbocycles. The van der Waals surface area contributed by atoms with Gasteiger partial charge in [-0.2, -0.15) is 4.52 Å². The first-order valence-electron chi connectivity index (χ1n) is 10.1. The van der Waals surface area contributed by atoms with E-state index in [1.165, 1.54) is 25.3 Å². The highest BCUT2D eigenvalue weighted by Gasteiger charge is 2.30. The van der Waals surface area contributed by atoms with Crippen molar-refractivity contribution < 1.29 is 17.9 Å². The van der Waals surface area contributed by atoms with E-state index in [-0.39, 0.29) is 17.2 Å². The molecule has 2 aromatic heterocycles. The number of methoxy groups -OCH3 is 1. The SMILES string of the molecule is COc1ccc(NC(=O)Cn2nc3ccc(S(=O)(=O)C4CCCCC4)nn3c2=O)cc1Cl. The molecule has 10 nitrogen and oxygen atoms in total. The summed E-state index contributed by atoms with van der Waals surface area (Å²) in [6, 6.07) is 7.51. The molecule has 0 unspecified atom stereocenters. The van der Waals surface area contributed by atoms with Crippen LogP contribution in [0.15, 0.2) is 40.2 Å². The second-order valence-electron chi connectivity index (χ2n) is 7.58. The van der Waals surface area contributed by atoms with Crippen LogP contribution < -0.4 is 15.7 Å². The number of nitrogens with zero attached hydrogens (tertiary/aromatic N) is 4. The Balaban J connectivity index is 1.55. The fraction of sp³-hybridized carbons (Fsp3) is 0.400. The molecule has 0 radical (unpaired) electrons. The van der Waals surface area contributed by atoms with Gasteiger partial charge in [-0.15, -0.1) is 10.2 Å². The van der Waals surface area contributed by atoms with Crippen molar-refractivity contribution in [3.63, 3.8) is 0 Å². The van der Waals surface area contributed by atoms with Gasteiger partial charge in [-0.1, -0.05) is 30.9 Å². The molecule has 32 heavy (non-hydrogen) atoms. The number of anilines is 1. The summed E-state index contributed by atoms with van der Waals surface area (Å²) >= 11 is 6.05. The maximum absolute atomic E-state index is 12.9. The van der Waals surface area contributed by atoms with E-state index in [9.17, 15) is 18.0 Å². The zero-order chi connectivity index (χ0) is 22.9. The largest absolute Gasteiger partial charge is 0.495 e. The smallest absolute Gasteiger partial charge is 0.367 e. The number of rotatable bonds is 6. The van der Waals surface area contributed by atoms with Crippen LogP contribution in [0.4, 0.5) is 5.69 Å². The number of carbonyl (C=O) groups excluding carboxylic acids is 1. The highest BCUT2D eigenvalue weighted by molar-refractivity contribution is 7.92. The van der Waals surface area contributed by atoms with Gasteiger partial charge in [0.1, 0.15) is 12.3 Å². The Bertz CT molecular complexity index is 1330. The zero-order valence-corrected chi connectivity index (χ0v) is 18.9. The molecular weight excluding hydrogens is 458 g/mol. The normalized spacial score (nSPS) is 15.1. The lowest BCUT2D eigenvalue weighted by Gasteiger charge is -2.20. The monoisotopic (exact) mass is 479 g/mol. The maximum Gasteiger partial charge on any atom is 0.367 e. The third kappa shape index (κ3) is 4.35. The summed E-state index contributed by atoms with van der Waals surface area (Å²) in [5.74, 6) is -0.0434. The summed E-state index contributed by atoms with van der Waals surface area (Å²) in [6.07, 6.45) is 3.92. The highest BCUT2D eigenvalue weighted by atomic mass is 35.5. The van der Waals surface area contributed by atoms with E-state index >= 15 is 0 Å². The number of fused-ring (bicyclic) bond motifs is 1. The fourth-order valence-electron chi connectivity index (χ4n) is 3.77. The molecule has 1 N–H and O–H groups in total. The molecule has 3 aromatic rings. The Morgan fingerprint density at radius 3 is 2.62 bits per heavy atom. The number of ether oxygens (including phenoxy) is 1. The molecule has 0 spiro atoms. The molecule has 0 saturated heterocycles. The first-order valence-corrected chi connectivity index (χ1v) is 12.1. The summed E-state index contributed by atoms with van der Waals surface area (Å²) in [7, 11) is -2.16. The minimum Gasteiger partial charge on any atom is -0.495 e. The Kier molecular flexibility index (Phi) is 6.20. The van der Waals surface area contributed by atoms with Gasteiger partial charge in [0.2, 0.25) is 5.91 Å². The first kappa shape index (κ1) is 22.3. The number of amides is 1. The Hall–Kier alpha value is -2.92. The predicted molar refractivity (Wildman–Crippen MR) is 118 cm³/mol. The van der Waals surface area contributed by atoms with Crippen LogP contribution in [-0.4, -0.2) is 46.1 Å². The van der Waals surface area contributed by atoms with Gasteiger partial charge in [0.05, 0.1) is 17.4 Å². The number of hydrogen-bond donors (Lipinski definition) is 1. The molecule has 2 heterocycles. The molecule has 1 aliphatic carbocycles. The summed E-state index contributed by atoms with van der Waals surface area (Å²) in [5.41, 5.74) is -0.127. The highest BCUT2D eigenvalue weighted by Crippen LogP contribution is 2.28. The maximum atomic E-state index is 12.9. The molecule has 0 atom stereocenters. The summed E-state index contributed by atoms with van der Waals surface area (Å²) in [6.45, 7) is -0.378. The van der Waals surface area contributed by atoms with Gasteiger partial charge in [-0.3, -0.25) is 4.79 Å². The van der Waals surface area contributed by atoms with Crippen LogP contribution in [0.25, 0.3) is 5.65 Å². The van der Waals surface area contributed by atoms with E-state index in [0.717, 1.165) is 28.5 Å². The van der Waals surface area contributed by atoms with Crippen LogP contribution in [0.1, 0.15) is 32.1 Å². The minimum absolute atomic E-state index is 0.151. The molecule has 1 aliphatic rings. The number of nitrogens with one attached hydrogen (secondary N) is 1. The van der Waals surface area contributed by atoms with Crippen molar-refractivity contribution in [1.29, 1.82) is 0 Å². The average Bonchev–Trinajstić information content (AvgIpc) is 3.09. The lowest BCUT2D eigenvalue weighted by molar-refractivity contribution is -0.117.